The SMILES string of the molecule is Cc1ccc(CN(C)CC(=O)Nc2ccc(Br)cc2)cc1. The number of hydrogen-bond acceptors (Lipinski definition) is 2. The first-order valence-electron chi connectivity index (χ1n) is 6.82. The van der Waals surface area contributed by atoms with Crippen LogP contribution in [0.2, 0.25) is 0 Å². The average molecular weight is 347 g/mol. The molecule has 3 nitrogen and oxygen atoms in total. The molecule has 0 radical (unpaired) electrons. The van der Waals surface area contributed by atoms with Gasteiger partial charge in [0.05, 0.1) is 6.54 Å². The van der Waals surface area contributed by atoms with Crippen molar-refractivity contribution in [2.45, 2.75) is 13.5 Å². The maximum Gasteiger partial charge on any atom is 0.238 e. The third kappa shape index (κ3) is 5.33. The van der Waals surface area contributed by atoms with Crippen LogP contribution in [0, 0.1) is 6.92 Å². The topological polar surface area (TPSA) is 32.3 Å². The molecule has 0 fully saturated rings. The highest BCUT2D eigenvalue weighted by Crippen LogP contribution is 2.14. The fourth-order valence-corrected chi connectivity index (χ4v) is 2.30. The summed E-state index contributed by atoms with van der Waals surface area (Å²) in [5, 5.41) is 2.89. The van der Waals surface area contributed by atoms with Gasteiger partial charge >= 0.3 is 0 Å². The van der Waals surface area contributed by atoms with Crippen molar-refractivity contribution in [2.75, 3.05) is 18.9 Å². The highest BCUT2D eigenvalue weighted by molar-refractivity contribution is 9.10. The van der Waals surface area contributed by atoms with E-state index in [1.807, 2.05) is 36.2 Å². The molecule has 0 aliphatic rings. The molecule has 0 spiro atoms. The monoisotopic (exact) mass is 346 g/mol. The number of nitrogens with zero attached hydrogens (tertiary/aromatic N) is 1. The fraction of sp³-hybridized carbons (Fsp3) is 0.235. The molecule has 2 aromatic carbocycles. The summed E-state index contributed by atoms with van der Waals surface area (Å²) in [6.45, 7) is 3.19. The molecule has 0 aliphatic heterocycles. The van der Waals surface area contributed by atoms with Crippen LogP contribution in [0.5, 0.6) is 0 Å². The van der Waals surface area contributed by atoms with Crippen molar-refractivity contribution in [3.05, 3.63) is 64.1 Å². The Bertz CT molecular complexity index is 593. The van der Waals surface area contributed by atoms with Crippen LogP contribution in [0.1, 0.15) is 11.1 Å². The second-order valence-corrected chi connectivity index (χ2v) is 6.13. The molecular formula is C17H19BrN2O. The number of likely N-dealkylation sites (N-methyl/N-ethyl adjacent to an activating group) is 1. The lowest BCUT2D eigenvalue weighted by atomic mass is 10.1. The number of halogens is 1. The van der Waals surface area contributed by atoms with Gasteiger partial charge in [-0.25, -0.2) is 0 Å². The van der Waals surface area contributed by atoms with Gasteiger partial charge < -0.3 is 5.32 Å². The zero-order chi connectivity index (χ0) is 15.2. The van der Waals surface area contributed by atoms with E-state index in [-0.39, 0.29) is 5.91 Å². The molecular weight excluding hydrogens is 328 g/mol. The molecule has 0 heterocycles. The van der Waals surface area contributed by atoms with E-state index in [0.29, 0.717) is 6.54 Å². The van der Waals surface area contributed by atoms with Crippen LogP contribution in [0.15, 0.2) is 53.0 Å². The lowest BCUT2D eigenvalue weighted by Gasteiger charge is -2.16. The van der Waals surface area contributed by atoms with Crippen molar-refractivity contribution in [2.24, 2.45) is 0 Å². The summed E-state index contributed by atoms with van der Waals surface area (Å²) in [5.41, 5.74) is 3.26. The minimum absolute atomic E-state index is 0.00747. The van der Waals surface area contributed by atoms with Gasteiger partial charge in [0.15, 0.2) is 0 Å². The van der Waals surface area contributed by atoms with Crippen LogP contribution in [0.25, 0.3) is 0 Å². The van der Waals surface area contributed by atoms with Crippen LogP contribution in [-0.2, 0) is 11.3 Å². The van der Waals surface area contributed by atoms with Gasteiger partial charge in [0.2, 0.25) is 5.91 Å². The normalized spacial score (nSPS) is 10.7. The zero-order valence-electron chi connectivity index (χ0n) is 12.3. The summed E-state index contributed by atoms with van der Waals surface area (Å²) >= 11 is 3.37. The van der Waals surface area contributed by atoms with E-state index in [9.17, 15) is 4.79 Å². The summed E-state index contributed by atoms with van der Waals surface area (Å²) in [5.74, 6) is -0.00747. The number of carbonyl (C=O) groups excluding carboxylic acids is 1. The predicted octanol–water partition coefficient (Wildman–Crippen LogP) is 3.83. The van der Waals surface area contributed by atoms with E-state index in [1.54, 1.807) is 0 Å². The van der Waals surface area contributed by atoms with Crippen molar-refractivity contribution in [1.29, 1.82) is 0 Å². The summed E-state index contributed by atoms with van der Waals surface area (Å²) in [4.78, 5) is 14.0. The Morgan fingerprint density at radius 3 is 2.33 bits per heavy atom. The molecule has 0 unspecified atom stereocenters. The maximum atomic E-state index is 12.0. The molecule has 0 aromatic heterocycles. The molecule has 110 valence electrons. The van der Waals surface area contributed by atoms with Gasteiger partial charge in [-0.3, -0.25) is 9.69 Å². The van der Waals surface area contributed by atoms with E-state index in [1.165, 1.54) is 11.1 Å². The smallest absolute Gasteiger partial charge is 0.238 e. The average Bonchev–Trinajstić information content (AvgIpc) is 2.44. The van der Waals surface area contributed by atoms with Crippen LogP contribution < -0.4 is 5.32 Å². The number of amides is 1. The molecule has 2 rings (SSSR count). The summed E-state index contributed by atoms with van der Waals surface area (Å²) in [6.07, 6.45) is 0. The number of anilines is 1. The second kappa shape index (κ2) is 7.38. The number of nitrogens with one attached hydrogen (secondary N) is 1. The highest BCUT2D eigenvalue weighted by Gasteiger charge is 2.07. The molecule has 0 bridgehead atoms. The van der Waals surface area contributed by atoms with Crippen LogP contribution in [0.3, 0.4) is 0 Å². The second-order valence-electron chi connectivity index (χ2n) is 5.21. The first-order chi connectivity index (χ1) is 10.0. The van der Waals surface area contributed by atoms with Gasteiger partial charge in [-0.05, 0) is 43.8 Å². The first kappa shape index (κ1) is 15.7. The number of hydrogen-bond donors (Lipinski definition) is 1. The van der Waals surface area contributed by atoms with E-state index < -0.39 is 0 Å². The van der Waals surface area contributed by atoms with Gasteiger partial charge in [0.1, 0.15) is 0 Å². The quantitative estimate of drug-likeness (QED) is 0.892. The van der Waals surface area contributed by atoms with Gasteiger partial charge in [0, 0.05) is 16.7 Å². The van der Waals surface area contributed by atoms with E-state index in [4.69, 9.17) is 0 Å². The van der Waals surface area contributed by atoms with Crippen molar-refractivity contribution < 1.29 is 4.79 Å². The third-order valence-electron chi connectivity index (χ3n) is 3.11. The van der Waals surface area contributed by atoms with Crippen LogP contribution >= 0.6 is 15.9 Å². The molecule has 1 N–H and O–H groups in total. The summed E-state index contributed by atoms with van der Waals surface area (Å²) < 4.78 is 0.997. The molecule has 0 saturated carbocycles. The van der Waals surface area contributed by atoms with Crippen molar-refractivity contribution >= 4 is 27.5 Å². The Hall–Kier alpha value is -1.65. The Labute approximate surface area is 134 Å². The zero-order valence-corrected chi connectivity index (χ0v) is 13.9. The van der Waals surface area contributed by atoms with Crippen molar-refractivity contribution in [3.8, 4) is 0 Å². The van der Waals surface area contributed by atoms with Crippen molar-refractivity contribution in [1.82, 2.24) is 4.90 Å². The van der Waals surface area contributed by atoms with Gasteiger partial charge in [-0.2, -0.15) is 0 Å². The lowest BCUT2D eigenvalue weighted by molar-refractivity contribution is -0.117. The Kier molecular flexibility index (Phi) is 5.53. The Morgan fingerprint density at radius 2 is 1.71 bits per heavy atom. The maximum absolute atomic E-state index is 12.0. The standard InChI is InChI=1S/C17H19BrN2O/c1-13-3-5-14(6-4-13)11-20(2)12-17(21)19-16-9-7-15(18)8-10-16/h3-10H,11-12H2,1-2H3,(H,19,21). The number of aryl methyl sites for hydroxylation is 1. The van der Waals surface area contributed by atoms with Gasteiger partial charge in [-0.15, -0.1) is 0 Å². The Balaban J connectivity index is 1.84. The minimum Gasteiger partial charge on any atom is -0.325 e. The molecule has 0 saturated heterocycles. The molecule has 2 aromatic rings. The minimum atomic E-state index is -0.00747. The Morgan fingerprint density at radius 1 is 1.10 bits per heavy atom. The molecule has 21 heavy (non-hydrogen) atoms. The third-order valence-corrected chi connectivity index (χ3v) is 3.64. The van der Waals surface area contributed by atoms with Gasteiger partial charge in [-0.1, -0.05) is 45.8 Å². The molecule has 0 aliphatic carbocycles. The summed E-state index contributed by atoms with van der Waals surface area (Å²) in [6, 6.07) is 15.9. The highest BCUT2D eigenvalue weighted by atomic mass is 79.9. The number of benzene rings is 2. The summed E-state index contributed by atoms with van der Waals surface area (Å²) in [7, 11) is 1.95. The van der Waals surface area contributed by atoms with Crippen LogP contribution in [0.4, 0.5) is 5.69 Å². The largest absolute Gasteiger partial charge is 0.325 e. The van der Waals surface area contributed by atoms with Crippen LogP contribution in [-0.4, -0.2) is 24.4 Å². The number of carbonyl (C=O) groups is 1. The first-order valence-corrected chi connectivity index (χ1v) is 7.62. The predicted molar refractivity (Wildman–Crippen MR) is 90.3 cm³/mol. The lowest BCUT2D eigenvalue weighted by Crippen LogP contribution is -2.29. The van der Waals surface area contributed by atoms with E-state index in [0.717, 1.165) is 16.7 Å². The molecule has 1 amide bonds. The number of rotatable bonds is 5. The molecule has 4 heteroatoms. The van der Waals surface area contributed by atoms with E-state index >= 15 is 0 Å². The van der Waals surface area contributed by atoms with Gasteiger partial charge in [0.25, 0.3) is 0 Å². The van der Waals surface area contributed by atoms with E-state index in [2.05, 4.69) is 52.4 Å². The van der Waals surface area contributed by atoms with Crippen molar-refractivity contribution in [3.63, 3.8) is 0 Å². The molecule has 0 atom stereocenters. The fourth-order valence-electron chi connectivity index (χ4n) is 2.04.